The molecule has 108 valence electrons. The van der Waals surface area contributed by atoms with Crippen molar-refractivity contribution in [2.45, 2.75) is 25.5 Å². The summed E-state index contributed by atoms with van der Waals surface area (Å²) in [6, 6.07) is 6.41. The van der Waals surface area contributed by atoms with Crippen LogP contribution >= 0.6 is 0 Å². The molecule has 1 fully saturated rings. The molecule has 1 aliphatic heterocycles. The monoisotopic (exact) mass is 278 g/mol. The third-order valence-corrected chi connectivity index (χ3v) is 3.57. The Morgan fingerprint density at radius 2 is 2.15 bits per heavy atom. The second-order valence-electron chi connectivity index (χ2n) is 4.98. The van der Waals surface area contributed by atoms with Gasteiger partial charge in [0.2, 0.25) is 0 Å². The van der Waals surface area contributed by atoms with Gasteiger partial charge in [-0.1, -0.05) is 6.07 Å². The number of halogens is 1. The lowest BCUT2D eigenvalue weighted by Crippen LogP contribution is -2.37. The van der Waals surface area contributed by atoms with Crippen molar-refractivity contribution in [1.29, 1.82) is 5.26 Å². The molecule has 1 saturated heterocycles. The summed E-state index contributed by atoms with van der Waals surface area (Å²) >= 11 is 0. The van der Waals surface area contributed by atoms with Crippen molar-refractivity contribution in [2.24, 2.45) is 0 Å². The van der Waals surface area contributed by atoms with Crippen molar-refractivity contribution in [1.82, 2.24) is 4.90 Å². The summed E-state index contributed by atoms with van der Waals surface area (Å²) in [6.45, 7) is 2.88. The van der Waals surface area contributed by atoms with E-state index in [1.54, 1.807) is 6.07 Å². The average molecular weight is 278 g/mol. The van der Waals surface area contributed by atoms with E-state index in [1.165, 1.54) is 12.1 Å². The number of hydrogen-bond acceptors (Lipinski definition) is 4. The number of ether oxygens (including phenoxy) is 1. The maximum atomic E-state index is 13.1. The van der Waals surface area contributed by atoms with Gasteiger partial charge >= 0.3 is 0 Å². The summed E-state index contributed by atoms with van der Waals surface area (Å²) in [5, 5.41) is 17.8. The zero-order valence-electron chi connectivity index (χ0n) is 11.4. The van der Waals surface area contributed by atoms with Crippen LogP contribution in [0.1, 0.15) is 24.0 Å². The van der Waals surface area contributed by atoms with E-state index in [-0.39, 0.29) is 18.5 Å². The molecule has 0 aliphatic carbocycles. The fourth-order valence-electron chi connectivity index (χ4n) is 2.48. The Bertz CT molecular complexity index is 479. The van der Waals surface area contributed by atoms with Gasteiger partial charge in [0.1, 0.15) is 5.82 Å². The summed E-state index contributed by atoms with van der Waals surface area (Å²) in [6.07, 6.45) is 2.05. The summed E-state index contributed by atoms with van der Waals surface area (Å²) < 4.78 is 18.6. The highest BCUT2D eigenvalue weighted by Gasteiger charge is 2.20. The number of benzene rings is 1. The minimum absolute atomic E-state index is 0.0569. The molecule has 0 spiro atoms. The van der Waals surface area contributed by atoms with Crippen molar-refractivity contribution in [3.63, 3.8) is 0 Å². The van der Waals surface area contributed by atoms with E-state index < -0.39 is 0 Å². The molecule has 0 aromatic heterocycles. The van der Waals surface area contributed by atoms with Crippen LogP contribution in [0.2, 0.25) is 0 Å². The predicted molar refractivity (Wildman–Crippen MR) is 72.5 cm³/mol. The minimum Gasteiger partial charge on any atom is -0.394 e. The van der Waals surface area contributed by atoms with E-state index in [1.807, 2.05) is 6.07 Å². The molecule has 0 amide bonds. The third kappa shape index (κ3) is 4.01. The number of rotatable bonds is 5. The first-order chi connectivity index (χ1) is 9.72. The molecule has 1 aromatic carbocycles. The Hall–Kier alpha value is -1.48. The van der Waals surface area contributed by atoms with Crippen molar-refractivity contribution < 1.29 is 14.2 Å². The van der Waals surface area contributed by atoms with Gasteiger partial charge < -0.3 is 9.84 Å². The fraction of sp³-hybridized carbons (Fsp3) is 0.533. The SMILES string of the molecule is N#Cc1cc(F)ccc1CN1CCC(OCCO)CC1. The van der Waals surface area contributed by atoms with Crippen LogP contribution in [0.4, 0.5) is 4.39 Å². The minimum atomic E-state index is -0.374. The maximum Gasteiger partial charge on any atom is 0.124 e. The Kier molecular flexibility index (Phi) is 5.48. The first-order valence-corrected chi connectivity index (χ1v) is 6.86. The lowest BCUT2D eigenvalue weighted by atomic mass is 10.0. The maximum absolute atomic E-state index is 13.1. The van der Waals surface area contributed by atoms with E-state index in [0.717, 1.165) is 31.5 Å². The van der Waals surface area contributed by atoms with E-state index in [9.17, 15) is 4.39 Å². The number of nitrogens with zero attached hydrogens (tertiary/aromatic N) is 2. The highest BCUT2D eigenvalue weighted by molar-refractivity contribution is 5.37. The lowest BCUT2D eigenvalue weighted by Gasteiger charge is -2.32. The predicted octanol–water partition coefficient (Wildman–Crippen LogP) is 1.67. The first-order valence-electron chi connectivity index (χ1n) is 6.86. The van der Waals surface area contributed by atoms with Gasteiger partial charge in [-0.2, -0.15) is 5.26 Å². The van der Waals surface area contributed by atoms with E-state index in [0.29, 0.717) is 18.7 Å². The highest BCUT2D eigenvalue weighted by Crippen LogP contribution is 2.18. The second kappa shape index (κ2) is 7.34. The van der Waals surface area contributed by atoms with E-state index >= 15 is 0 Å². The summed E-state index contributed by atoms with van der Waals surface area (Å²) in [4.78, 5) is 2.24. The molecule has 4 nitrogen and oxygen atoms in total. The highest BCUT2D eigenvalue weighted by atomic mass is 19.1. The number of nitriles is 1. The Morgan fingerprint density at radius 3 is 2.80 bits per heavy atom. The molecule has 1 aliphatic rings. The molecule has 0 saturated carbocycles. The smallest absolute Gasteiger partial charge is 0.124 e. The molecule has 1 aromatic rings. The van der Waals surface area contributed by atoms with Crippen LogP contribution in [-0.4, -0.2) is 42.4 Å². The molecule has 0 unspecified atom stereocenters. The zero-order chi connectivity index (χ0) is 14.4. The number of likely N-dealkylation sites (tertiary alicyclic amines) is 1. The zero-order valence-corrected chi connectivity index (χ0v) is 11.4. The van der Waals surface area contributed by atoms with Crippen molar-refractivity contribution >= 4 is 0 Å². The largest absolute Gasteiger partial charge is 0.394 e. The molecule has 5 heteroatoms. The van der Waals surface area contributed by atoms with Crippen LogP contribution < -0.4 is 0 Å². The number of aliphatic hydroxyl groups excluding tert-OH is 1. The average Bonchev–Trinajstić information content (AvgIpc) is 2.48. The van der Waals surface area contributed by atoms with Crippen LogP contribution in [-0.2, 0) is 11.3 Å². The summed E-state index contributed by atoms with van der Waals surface area (Å²) in [5.41, 5.74) is 1.27. The number of piperidine rings is 1. The van der Waals surface area contributed by atoms with Crippen molar-refractivity contribution in [3.05, 3.63) is 35.1 Å². The Labute approximate surface area is 118 Å². The molecule has 0 atom stereocenters. The van der Waals surface area contributed by atoms with Crippen LogP contribution in [0.15, 0.2) is 18.2 Å². The standard InChI is InChI=1S/C15H19FN2O2/c16-14-2-1-12(13(9-14)10-17)11-18-5-3-15(4-6-18)20-8-7-19/h1-2,9,15,19H,3-8,11H2. The van der Waals surface area contributed by atoms with Crippen molar-refractivity contribution in [3.8, 4) is 6.07 Å². The third-order valence-electron chi connectivity index (χ3n) is 3.57. The van der Waals surface area contributed by atoms with Crippen LogP contribution in [0, 0.1) is 17.1 Å². The lowest BCUT2D eigenvalue weighted by molar-refractivity contribution is -0.00902. The van der Waals surface area contributed by atoms with Crippen LogP contribution in [0.25, 0.3) is 0 Å². The van der Waals surface area contributed by atoms with Crippen LogP contribution in [0.3, 0.4) is 0 Å². The van der Waals surface area contributed by atoms with Gasteiger partial charge in [-0.25, -0.2) is 4.39 Å². The summed E-state index contributed by atoms with van der Waals surface area (Å²) in [7, 11) is 0. The molecular weight excluding hydrogens is 259 g/mol. The van der Waals surface area contributed by atoms with Gasteiger partial charge in [0.05, 0.1) is 31.0 Å². The number of hydrogen-bond donors (Lipinski definition) is 1. The Balaban J connectivity index is 1.88. The molecule has 2 rings (SSSR count). The summed E-state index contributed by atoms with van der Waals surface area (Å²) in [5.74, 6) is -0.374. The molecule has 0 radical (unpaired) electrons. The van der Waals surface area contributed by atoms with Crippen molar-refractivity contribution in [2.75, 3.05) is 26.3 Å². The number of aliphatic hydroxyl groups is 1. The van der Waals surface area contributed by atoms with Crippen LogP contribution in [0.5, 0.6) is 0 Å². The molecule has 1 heterocycles. The van der Waals surface area contributed by atoms with E-state index in [2.05, 4.69) is 4.90 Å². The van der Waals surface area contributed by atoms with Gasteiger partial charge in [-0.15, -0.1) is 0 Å². The molecule has 0 bridgehead atoms. The normalized spacial score (nSPS) is 17.1. The first kappa shape index (κ1) is 14.9. The molecular formula is C15H19FN2O2. The topological polar surface area (TPSA) is 56.5 Å². The van der Waals surface area contributed by atoms with Gasteiger partial charge in [0, 0.05) is 19.6 Å². The quantitative estimate of drug-likeness (QED) is 0.890. The van der Waals surface area contributed by atoms with Gasteiger partial charge in [0.15, 0.2) is 0 Å². The molecule has 20 heavy (non-hydrogen) atoms. The van der Waals surface area contributed by atoms with Gasteiger partial charge in [0.25, 0.3) is 0 Å². The molecule has 1 N–H and O–H groups in total. The van der Waals surface area contributed by atoms with Gasteiger partial charge in [-0.3, -0.25) is 4.90 Å². The second-order valence-corrected chi connectivity index (χ2v) is 4.98. The van der Waals surface area contributed by atoms with Gasteiger partial charge in [-0.05, 0) is 30.5 Å². The fourth-order valence-corrected chi connectivity index (χ4v) is 2.48. The van der Waals surface area contributed by atoms with E-state index in [4.69, 9.17) is 15.1 Å². The Morgan fingerprint density at radius 1 is 1.40 bits per heavy atom.